The van der Waals surface area contributed by atoms with Crippen LogP contribution < -0.4 is 0 Å². The summed E-state index contributed by atoms with van der Waals surface area (Å²) in [6, 6.07) is 0. The zero-order valence-corrected chi connectivity index (χ0v) is 13.5. The van der Waals surface area contributed by atoms with Gasteiger partial charge < -0.3 is 4.74 Å². The van der Waals surface area contributed by atoms with Crippen LogP contribution in [-0.2, 0) is 25.9 Å². The monoisotopic (exact) mass is 302 g/mol. The van der Waals surface area contributed by atoms with Gasteiger partial charge in [0, 0.05) is 17.5 Å². The molecule has 114 valence electrons. The number of carbonyl (C=O) groups excluding carboxylic acids is 1. The van der Waals surface area contributed by atoms with Gasteiger partial charge in [-0.15, -0.1) is 0 Å². The fourth-order valence-electron chi connectivity index (χ4n) is 2.19. The van der Waals surface area contributed by atoms with Gasteiger partial charge in [0.15, 0.2) is 0 Å². The van der Waals surface area contributed by atoms with Crippen LogP contribution in [0.2, 0.25) is 0 Å². The van der Waals surface area contributed by atoms with Gasteiger partial charge in [0.1, 0.15) is 9.84 Å². The summed E-state index contributed by atoms with van der Waals surface area (Å²) >= 11 is 0. The standard InChI is InChI=1S/C13H22N2O4S/c1-6-19-13(16)9(2)12-10(3)14-15(11(12)4)7-8-20(5,17)18/h9H,6-8H2,1-5H3. The van der Waals surface area contributed by atoms with E-state index in [9.17, 15) is 13.2 Å². The largest absolute Gasteiger partial charge is 0.466 e. The summed E-state index contributed by atoms with van der Waals surface area (Å²) in [6.45, 7) is 7.82. The SMILES string of the molecule is CCOC(=O)C(C)c1c(C)nn(CCS(C)(=O)=O)c1C. The van der Waals surface area contributed by atoms with Crippen LogP contribution in [0.25, 0.3) is 0 Å². The fourth-order valence-corrected chi connectivity index (χ4v) is 2.70. The molecule has 20 heavy (non-hydrogen) atoms. The first-order valence-electron chi connectivity index (χ1n) is 6.55. The number of nitrogens with zero attached hydrogens (tertiary/aromatic N) is 2. The summed E-state index contributed by atoms with van der Waals surface area (Å²) in [5.41, 5.74) is 2.36. The first-order chi connectivity index (χ1) is 9.17. The van der Waals surface area contributed by atoms with Crippen molar-refractivity contribution in [2.45, 2.75) is 40.2 Å². The molecule has 7 heteroatoms. The van der Waals surface area contributed by atoms with Gasteiger partial charge in [-0.2, -0.15) is 5.10 Å². The molecule has 0 aliphatic heterocycles. The molecule has 0 aromatic carbocycles. The quantitative estimate of drug-likeness (QED) is 0.738. The lowest BCUT2D eigenvalue weighted by Gasteiger charge is -2.11. The number of rotatable bonds is 6. The maximum absolute atomic E-state index is 11.8. The van der Waals surface area contributed by atoms with Crippen LogP contribution >= 0.6 is 0 Å². The van der Waals surface area contributed by atoms with E-state index >= 15 is 0 Å². The lowest BCUT2D eigenvalue weighted by molar-refractivity contribution is -0.144. The second-order valence-electron chi connectivity index (χ2n) is 4.91. The molecular weight excluding hydrogens is 280 g/mol. The molecule has 0 N–H and O–H groups in total. The van der Waals surface area contributed by atoms with Gasteiger partial charge in [-0.25, -0.2) is 8.42 Å². The van der Waals surface area contributed by atoms with Crippen molar-refractivity contribution in [3.05, 3.63) is 17.0 Å². The molecule has 1 heterocycles. The number of ether oxygens (including phenoxy) is 1. The molecule has 1 unspecified atom stereocenters. The predicted octanol–water partition coefficient (Wildman–Crippen LogP) is 1.21. The molecule has 0 spiro atoms. The minimum Gasteiger partial charge on any atom is -0.466 e. The van der Waals surface area contributed by atoms with Gasteiger partial charge in [-0.3, -0.25) is 9.48 Å². The van der Waals surface area contributed by atoms with E-state index in [4.69, 9.17) is 4.74 Å². The van der Waals surface area contributed by atoms with Crippen molar-refractivity contribution in [1.82, 2.24) is 9.78 Å². The third kappa shape index (κ3) is 4.06. The number of carbonyl (C=O) groups is 1. The summed E-state index contributed by atoms with van der Waals surface area (Å²) in [5, 5.41) is 4.32. The van der Waals surface area contributed by atoms with Crippen LogP contribution in [0.4, 0.5) is 0 Å². The van der Waals surface area contributed by atoms with Gasteiger partial charge in [0.2, 0.25) is 0 Å². The molecule has 0 saturated heterocycles. The second kappa shape index (κ2) is 6.39. The van der Waals surface area contributed by atoms with E-state index in [1.165, 1.54) is 6.26 Å². The Labute approximate surface area is 120 Å². The van der Waals surface area contributed by atoms with Crippen molar-refractivity contribution < 1.29 is 17.9 Å². The molecule has 1 aromatic rings. The Hall–Kier alpha value is -1.37. The summed E-state index contributed by atoms with van der Waals surface area (Å²) in [6.07, 6.45) is 1.20. The lowest BCUT2D eigenvalue weighted by atomic mass is 9.99. The molecule has 6 nitrogen and oxygen atoms in total. The van der Waals surface area contributed by atoms with Crippen molar-refractivity contribution in [1.29, 1.82) is 0 Å². The smallest absolute Gasteiger partial charge is 0.313 e. The molecule has 0 bridgehead atoms. The molecule has 0 saturated carbocycles. The molecule has 0 radical (unpaired) electrons. The van der Waals surface area contributed by atoms with Gasteiger partial charge in [-0.05, 0) is 27.7 Å². The summed E-state index contributed by atoms with van der Waals surface area (Å²) in [4.78, 5) is 11.8. The zero-order chi connectivity index (χ0) is 15.5. The third-order valence-corrected chi connectivity index (χ3v) is 4.11. The number of hydrogen-bond donors (Lipinski definition) is 0. The molecular formula is C13H22N2O4S. The molecule has 1 rings (SSSR count). The molecule has 0 aliphatic carbocycles. The Kier molecular flexibility index (Phi) is 5.33. The van der Waals surface area contributed by atoms with Crippen molar-refractivity contribution in [3.8, 4) is 0 Å². The number of hydrogen-bond acceptors (Lipinski definition) is 5. The molecule has 0 fully saturated rings. The van der Waals surface area contributed by atoms with E-state index in [1.807, 2.05) is 13.8 Å². The van der Waals surface area contributed by atoms with Crippen LogP contribution in [0.1, 0.15) is 36.7 Å². The number of aromatic nitrogens is 2. The number of esters is 1. The molecule has 1 atom stereocenters. The Morgan fingerprint density at radius 3 is 2.50 bits per heavy atom. The van der Waals surface area contributed by atoms with E-state index in [2.05, 4.69) is 5.10 Å². The Balaban J connectivity index is 3.00. The summed E-state index contributed by atoms with van der Waals surface area (Å²) < 4.78 is 29.1. The van der Waals surface area contributed by atoms with Gasteiger partial charge in [0.05, 0.1) is 30.5 Å². The topological polar surface area (TPSA) is 78.3 Å². The van der Waals surface area contributed by atoms with E-state index < -0.39 is 15.8 Å². The normalized spacial score (nSPS) is 13.2. The third-order valence-electron chi connectivity index (χ3n) is 3.18. The summed E-state index contributed by atoms with van der Waals surface area (Å²) in [7, 11) is -3.04. The Morgan fingerprint density at radius 1 is 1.40 bits per heavy atom. The highest BCUT2D eigenvalue weighted by molar-refractivity contribution is 7.90. The van der Waals surface area contributed by atoms with Crippen molar-refractivity contribution in [3.63, 3.8) is 0 Å². The van der Waals surface area contributed by atoms with Crippen LogP contribution in [-0.4, -0.2) is 42.8 Å². The van der Waals surface area contributed by atoms with Crippen LogP contribution in [0.15, 0.2) is 0 Å². The van der Waals surface area contributed by atoms with Crippen molar-refractivity contribution in [2.75, 3.05) is 18.6 Å². The number of aryl methyl sites for hydroxylation is 2. The van der Waals surface area contributed by atoms with Gasteiger partial charge in [-0.1, -0.05) is 0 Å². The van der Waals surface area contributed by atoms with Crippen molar-refractivity contribution >= 4 is 15.8 Å². The van der Waals surface area contributed by atoms with Crippen LogP contribution in [0.5, 0.6) is 0 Å². The average Bonchev–Trinajstić information content (AvgIpc) is 2.60. The molecule has 1 aromatic heterocycles. The van der Waals surface area contributed by atoms with Gasteiger partial charge >= 0.3 is 5.97 Å². The van der Waals surface area contributed by atoms with Crippen LogP contribution in [0.3, 0.4) is 0 Å². The Morgan fingerprint density at radius 2 is 2.00 bits per heavy atom. The van der Waals surface area contributed by atoms with E-state index in [-0.39, 0.29) is 11.7 Å². The first-order valence-corrected chi connectivity index (χ1v) is 8.61. The highest BCUT2D eigenvalue weighted by Crippen LogP contribution is 2.24. The second-order valence-corrected chi connectivity index (χ2v) is 7.17. The highest BCUT2D eigenvalue weighted by atomic mass is 32.2. The lowest BCUT2D eigenvalue weighted by Crippen LogP contribution is -2.16. The van der Waals surface area contributed by atoms with Crippen molar-refractivity contribution in [2.24, 2.45) is 0 Å². The van der Waals surface area contributed by atoms with Crippen LogP contribution in [0, 0.1) is 13.8 Å². The fraction of sp³-hybridized carbons (Fsp3) is 0.692. The minimum absolute atomic E-state index is 0.0299. The summed E-state index contributed by atoms with van der Waals surface area (Å²) in [5.74, 6) is -0.661. The van der Waals surface area contributed by atoms with Gasteiger partial charge in [0.25, 0.3) is 0 Å². The highest BCUT2D eigenvalue weighted by Gasteiger charge is 2.24. The Bertz CT molecular complexity index is 590. The first kappa shape index (κ1) is 16.7. The van der Waals surface area contributed by atoms with E-state index in [1.54, 1.807) is 18.5 Å². The molecule has 0 amide bonds. The molecule has 0 aliphatic rings. The minimum atomic E-state index is -3.04. The number of sulfone groups is 1. The maximum atomic E-state index is 11.8. The maximum Gasteiger partial charge on any atom is 0.313 e. The zero-order valence-electron chi connectivity index (χ0n) is 12.6. The van der Waals surface area contributed by atoms with E-state index in [0.29, 0.717) is 13.2 Å². The average molecular weight is 302 g/mol. The van der Waals surface area contributed by atoms with E-state index in [0.717, 1.165) is 17.0 Å². The predicted molar refractivity (Wildman–Crippen MR) is 76.5 cm³/mol.